The number of hydrogen-bond donors (Lipinski definition) is 2. The summed E-state index contributed by atoms with van der Waals surface area (Å²) in [7, 11) is 0. The summed E-state index contributed by atoms with van der Waals surface area (Å²) in [5, 5.41) is 4.71. The monoisotopic (exact) mass is 503 g/mol. The van der Waals surface area contributed by atoms with E-state index < -0.39 is 17.7 Å². The van der Waals surface area contributed by atoms with E-state index in [-0.39, 0.29) is 25.7 Å². The van der Waals surface area contributed by atoms with Crippen LogP contribution in [0.2, 0.25) is 0 Å². The summed E-state index contributed by atoms with van der Waals surface area (Å²) < 4.78 is 24.9. The van der Waals surface area contributed by atoms with Gasteiger partial charge in [-0.15, -0.1) is 0 Å². The highest BCUT2D eigenvalue weighted by molar-refractivity contribution is 5.98. The second kappa shape index (κ2) is 13.7. The molecule has 0 spiro atoms. The van der Waals surface area contributed by atoms with Crippen molar-refractivity contribution < 1.29 is 23.5 Å². The average Bonchev–Trinajstić information content (AvgIpc) is 2.92. The number of amides is 1. The Morgan fingerprint density at radius 1 is 1.00 bits per heavy atom. The van der Waals surface area contributed by atoms with Crippen molar-refractivity contribution in [1.29, 1.82) is 0 Å². The predicted octanol–water partition coefficient (Wildman–Crippen LogP) is 5.20. The van der Waals surface area contributed by atoms with Crippen LogP contribution in [0.15, 0.2) is 85.2 Å². The van der Waals surface area contributed by atoms with Crippen LogP contribution in [-0.4, -0.2) is 30.0 Å². The van der Waals surface area contributed by atoms with Crippen molar-refractivity contribution in [2.75, 3.05) is 18.5 Å². The Hall–Kier alpha value is -4.30. The molecule has 3 aromatic carbocycles. The van der Waals surface area contributed by atoms with Crippen LogP contribution in [0.3, 0.4) is 0 Å². The number of aromatic nitrogens is 1. The number of nitrogens with two attached hydrogens (primary N) is 1. The van der Waals surface area contributed by atoms with E-state index >= 15 is 0 Å². The zero-order chi connectivity index (χ0) is 26.6. The molecule has 0 aliphatic rings. The molecule has 1 amide bonds. The molecule has 0 bridgehead atoms. The number of nitrogens with zero attached hydrogens (tertiary/aromatic N) is 1. The molecule has 192 valence electrons. The highest BCUT2D eigenvalue weighted by atomic mass is 19.1. The lowest BCUT2D eigenvalue weighted by Crippen LogP contribution is -2.27. The summed E-state index contributed by atoms with van der Waals surface area (Å²) in [6.45, 7) is 3.53. The first-order valence-corrected chi connectivity index (χ1v) is 12.0. The number of carbonyl (C=O) groups is 2. The number of benzene rings is 3. The van der Waals surface area contributed by atoms with Crippen LogP contribution >= 0.6 is 0 Å². The van der Waals surface area contributed by atoms with Crippen LogP contribution < -0.4 is 15.8 Å². The number of halogens is 1. The number of para-hydroxylation sites is 1. The standard InChI is InChI=1S/C27H24FN3O4.C2H6/c28-22-11-18(16-35-26(32)17-34-24-4-2-1-3-5-24)10-21(12-22)25(14-29)27(33)31-23-7-6-20-15-30-9-8-19(20)13-23;1-2/h1-13,15,25H,14,16-17,29H2,(H,31,33);1-2H3. The van der Waals surface area contributed by atoms with Gasteiger partial charge in [0.05, 0.1) is 5.92 Å². The van der Waals surface area contributed by atoms with E-state index in [9.17, 15) is 14.0 Å². The van der Waals surface area contributed by atoms with Crippen molar-refractivity contribution in [3.8, 4) is 5.75 Å². The maximum Gasteiger partial charge on any atom is 0.344 e. The second-order valence-corrected chi connectivity index (χ2v) is 7.87. The van der Waals surface area contributed by atoms with Crippen LogP contribution in [0.25, 0.3) is 10.8 Å². The van der Waals surface area contributed by atoms with Crippen molar-refractivity contribution in [3.05, 3.63) is 102 Å². The lowest BCUT2D eigenvalue weighted by atomic mass is 9.96. The molecule has 1 heterocycles. The number of fused-ring (bicyclic) bond motifs is 1. The number of carbonyl (C=O) groups excluding carboxylic acids is 2. The van der Waals surface area contributed by atoms with E-state index in [0.717, 1.165) is 10.8 Å². The Morgan fingerprint density at radius 2 is 1.78 bits per heavy atom. The molecule has 0 saturated heterocycles. The van der Waals surface area contributed by atoms with E-state index in [1.807, 2.05) is 38.1 Å². The molecule has 3 N–H and O–H groups in total. The fourth-order valence-electron chi connectivity index (χ4n) is 3.61. The van der Waals surface area contributed by atoms with E-state index in [4.69, 9.17) is 15.2 Å². The fourth-order valence-corrected chi connectivity index (χ4v) is 3.61. The van der Waals surface area contributed by atoms with Crippen molar-refractivity contribution in [2.45, 2.75) is 26.4 Å². The Morgan fingerprint density at radius 3 is 2.54 bits per heavy atom. The maximum absolute atomic E-state index is 14.3. The van der Waals surface area contributed by atoms with Crippen molar-refractivity contribution in [2.24, 2.45) is 5.73 Å². The van der Waals surface area contributed by atoms with Gasteiger partial charge in [-0.3, -0.25) is 9.78 Å². The first-order valence-electron chi connectivity index (χ1n) is 12.0. The van der Waals surface area contributed by atoms with Crippen molar-refractivity contribution in [3.63, 3.8) is 0 Å². The molecular weight excluding hydrogens is 473 g/mol. The lowest BCUT2D eigenvalue weighted by Gasteiger charge is -2.17. The number of pyridine rings is 1. The van der Waals surface area contributed by atoms with Gasteiger partial charge in [0, 0.05) is 30.0 Å². The maximum atomic E-state index is 14.3. The summed E-state index contributed by atoms with van der Waals surface area (Å²) in [5.74, 6) is -1.78. The van der Waals surface area contributed by atoms with E-state index in [1.165, 1.54) is 12.1 Å². The third kappa shape index (κ3) is 7.85. The van der Waals surface area contributed by atoms with Gasteiger partial charge in [0.2, 0.25) is 5.91 Å². The molecule has 7 nitrogen and oxygen atoms in total. The minimum Gasteiger partial charge on any atom is -0.482 e. The Kier molecular flexibility index (Phi) is 10.1. The quantitative estimate of drug-likeness (QED) is 0.304. The third-order valence-corrected chi connectivity index (χ3v) is 5.34. The number of nitrogens with one attached hydrogen (secondary N) is 1. The zero-order valence-electron chi connectivity index (χ0n) is 20.8. The largest absolute Gasteiger partial charge is 0.482 e. The first kappa shape index (κ1) is 27.3. The summed E-state index contributed by atoms with van der Waals surface area (Å²) in [6.07, 6.45) is 3.41. The van der Waals surface area contributed by atoms with Gasteiger partial charge in [-0.25, -0.2) is 9.18 Å². The van der Waals surface area contributed by atoms with E-state index in [0.29, 0.717) is 22.6 Å². The highest BCUT2D eigenvalue weighted by Crippen LogP contribution is 2.23. The normalized spacial score (nSPS) is 11.1. The molecule has 0 saturated carbocycles. The van der Waals surface area contributed by atoms with Crippen LogP contribution in [0.4, 0.5) is 10.1 Å². The molecule has 1 atom stereocenters. The smallest absolute Gasteiger partial charge is 0.344 e. The molecule has 4 aromatic rings. The Balaban J connectivity index is 0.00000186. The second-order valence-electron chi connectivity index (χ2n) is 7.87. The molecule has 0 aliphatic heterocycles. The van der Waals surface area contributed by atoms with E-state index in [1.54, 1.807) is 48.8 Å². The summed E-state index contributed by atoms with van der Waals surface area (Å²) in [6, 6.07) is 20.3. The SMILES string of the molecule is CC.NCC(C(=O)Nc1ccc2cnccc2c1)c1cc(F)cc(COC(=O)COc2ccccc2)c1. The van der Waals surface area contributed by atoms with Crippen LogP contribution in [0.1, 0.15) is 30.9 Å². The first-order chi connectivity index (χ1) is 18.0. The highest BCUT2D eigenvalue weighted by Gasteiger charge is 2.21. The molecule has 0 fully saturated rings. The van der Waals surface area contributed by atoms with Gasteiger partial charge in [-0.2, -0.15) is 0 Å². The molecule has 8 heteroatoms. The van der Waals surface area contributed by atoms with Crippen molar-refractivity contribution in [1.82, 2.24) is 4.98 Å². The predicted molar refractivity (Wildman–Crippen MR) is 142 cm³/mol. The molecule has 37 heavy (non-hydrogen) atoms. The number of ether oxygens (including phenoxy) is 2. The molecule has 1 aromatic heterocycles. The molecular formula is C29H30FN3O4. The van der Waals surface area contributed by atoms with Gasteiger partial charge in [-0.05, 0) is 59.0 Å². The topological polar surface area (TPSA) is 104 Å². The third-order valence-electron chi connectivity index (χ3n) is 5.34. The summed E-state index contributed by atoms with van der Waals surface area (Å²) in [5.41, 5.74) is 7.26. The van der Waals surface area contributed by atoms with Crippen LogP contribution in [0.5, 0.6) is 5.75 Å². The number of rotatable bonds is 9. The summed E-state index contributed by atoms with van der Waals surface area (Å²) in [4.78, 5) is 29.1. The minimum absolute atomic E-state index is 0.0308. The molecule has 0 radical (unpaired) electrons. The van der Waals surface area contributed by atoms with Gasteiger partial charge in [0.1, 0.15) is 18.2 Å². The minimum atomic E-state index is -0.797. The van der Waals surface area contributed by atoms with Gasteiger partial charge in [-0.1, -0.05) is 44.2 Å². The van der Waals surface area contributed by atoms with Gasteiger partial charge in [0.25, 0.3) is 0 Å². The van der Waals surface area contributed by atoms with Gasteiger partial charge < -0.3 is 20.5 Å². The Labute approximate surface area is 215 Å². The summed E-state index contributed by atoms with van der Waals surface area (Å²) >= 11 is 0. The average molecular weight is 504 g/mol. The lowest BCUT2D eigenvalue weighted by molar-refractivity contribution is -0.147. The molecule has 4 rings (SSSR count). The molecule has 1 unspecified atom stereocenters. The fraction of sp³-hybridized carbons (Fsp3) is 0.207. The van der Waals surface area contributed by atoms with Crippen molar-refractivity contribution >= 4 is 28.3 Å². The van der Waals surface area contributed by atoms with Crippen LogP contribution in [-0.2, 0) is 20.9 Å². The number of hydrogen-bond acceptors (Lipinski definition) is 6. The van der Waals surface area contributed by atoms with Gasteiger partial charge >= 0.3 is 5.97 Å². The van der Waals surface area contributed by atoms with Gasteiger partial charge in [0.15, 0.2) is 6.61 Å². The molecule has 0 aliphatic carbocycles. The Bertz CT molecular complexity index is 1330. The number of esters is 1. The van der Waals surface area contributed by atoms with E-state index in [2.05, 4.69) is 10.3 Å². The van der Waals surface area contributed by atoms with Crippen LogP contribution in [0, 0.1) is 5.82 Å². The zero-order valence-corrected chi connectivity index (χ0v) is 20.8. The number of anilines is 1.